The van der Waals surface area contributed by atoms with E-state index in [2.05, 4.69) is 20.7 Å². The lowest BCUT2D eigenvalue weighted by Crippen LogP contribution is -2.43. The molecule has 0 radical (unpaired) electrons. The lowest BCUT2D eigenvalue weighted by atomic mass is 10.0. The van der Waals surface area contributed by atoms with Crippen LogP contribution >= 0.6 is 0 Å². The molecule has 0 bridgehead atoms. The minimum absolute atomic E-state index is 0.0544. The first-order valence-electron chi connectivity index (χ1n) is 7.27. The van der Waals surface area contributed by atoms with Crippen molar-refractivity contribution in [1.29, 1.82) is 0 Å². The number of amides is 1. The molecular weight excluding hydrogens is 266 g/mol. The topological polar surface area (TPSA) is 71.8 Å². The lowest BCUT2D eigenvalue weighted by Gasteiger charge is -2.22. The zero-order valence-electron chi connectivity index (χ0n) is 11.8. The third-order valence-corrected chi connectivity index (χ3v) is 3.66. The summed E-state index contributed by atoms with van der Waals surface area (Å²) in [5, 5.41) is 10.3. The predicted octanol–water partition coefficient (Wildman–Crippen LogP) is 1.41. The highest BCUT2D eigenvalue weighted by Crippen LogP contribution is 2.13. The monoisotopic (exact) mass is 285 g/mol. The smallest absolute Gasteiger partial charge is 0.241 e. The number of hydrogen-bond acceptors (Lipinski definition) is 4. The molecule has 2 N–H and O–H groups in total. The molecule has 6 heteroatoms. The van der Waals surface area contributed by atoms with Gasteiger partial charge in [-0.15, -0.1) is 0 Å². The first kappa shape index (κ1) is 13.8. The van der Waals surface area contributed by atoms with Crippen LogP contribution in [0.2, 0.25) is 0 Å². The summed E-state index contributed by atoms with van der Waals surface area (Å²) in [7, 11) is 0. The Kier molecular flexibility index (Phi) is 4.25. The number of hydrogen-bond donors (Lipinski definition) is 2. The molecule has 1 amide bonds. The van der Waals surface area contributed by atoms with E-state index in [4.69, 9.17) is 0 Å². The number of benzene rings is 1. The molecule has 1 atom stereocenters. The molecule has 6 nitrogen and oxygen atoms in total. The summed E-state index contributed by atoms with van der Waals surface area (Å²) in [5.74, 6) is 0.0544. The van der Waals surface area contributed by atoms with Crippen LogP contribution < -0.4 is 10.6 Å². The highest BCUT2D eigenvalue weighted by atomic mass is 16.2. The number of anilines is 1. The second-order valence-electron chi connectivity index (χ2n) is 5.28. The van der Waals surface area contributed by atoms with Gasteiger partial charge in [-0.05, 0) is 37.1 Å². The number of nitrogens with one attached hydrogen (secondary N) is 2. The molecule has 1 aromatic carbocycles. The molecule has 1 aromatic heterocycles. The van der Waals surface area contributed by atoms with Crippen LogP contribution in [-0.4, -0.2) is 33.3 Å². The maximum absolute atomic E-state index is 12.1. The van der Waals surface area contributed by atoms with Crippen LogP contribution in [0, 0.1) is 0 Å². The van der Waals surface area contributed by atoms with Crippen molar-refractivity contribution in [2.45, 2.75) is 31.8 Å². The lowest BCUT2D eigenvalue weighted by molar-refractivity contribution is -0.118. The van der Waals surface area contributed by atoms with Gasteiger partial charge in [0.2, 0.25) is 5.91 Å². The van der Waals surface area contributed by atoms with Gasteiger partial charge in [0.1, 0.15) is 12.7 Å². The third kappa shape index (κ3) is 3.66. The van der Waals surface area contributed by atoms with Crippen LogP contribution in [0.5, 0.6) is 0 Å². The van der Waals surface area contributed by atoms with Gasteiger partial charge in [0.15, 0.2) is 0 Å². The van der Waals surface area contributed by atoms with Crippen molar-refractivity contribution in [3.8, 4) is 0 Å². The molecule has 0 unspecified atom stereocenters. The van der Waals surface area contributed by atoms with Gasteiger partial charge >= 0.3 is 0 Å². The Morgan fingerprint density at radius 2 is 2.19 bits per heavy atom. The van der Waals surface area contributed by atoms with Crippen molar-refractivity contribution in [2.24, 2.45) is 0 Å². The summed E-state index contributed by atoms with van der Waals surface area (Å²) in [6.07, 6.45) is 6.38. The van der Waals surface area contributed by atoms with Crippen LogP contribution in [0.3, 0.4) is 0 Å². The molecule has 1 fully saturated rings. The summed E-state index contributed by atoms with van der Waals surface area (Å²) in [6, 6.07) is 7.77. The zero-order chi connectivity index (χ0) is 14.5. The Balaban J connectivity index is 1.57. The first-order chi connectivity index (χ1) is 10.3. The van der Waals surface area contributed by atoms with Gasteiger partial charge in [-0.25, -0.2) is 9.67 Å². The number of piperidine rings is 1. The molecule has 1 aliphatic heterocycles. The van der Waals surface area contributed by atoms with Gasteiger partial charge in [0.25, 0.3) is 0 Å². The van der Waals surface area contributed by atoms with Gasteiger partial charge in [-0.1, -0.05) is 18.6 Å². The Labute approximate surface area is 123 Å². The van der Waals surface area contributed by atoms with Gasteiger partial charge in [0.05, 0.1) is 12.6 Å². The van der Waals surface area contributed by atoms with Gasteiger partial charge in [-0.3, -0.25) is 4.79 Å². The van der Waals surface area contributed by atoms with Crippen molar-refractivity contribution < 1.29 is 4.79 Å². The second kappa shape index (κ2) is 6.49. The van der Waals surface area contributed by atoms with E-state index in [9.17, 15) is 4.79 Å². The van der Waals surface area contributed by atoms with Gasteiger partial charge in [-0.2, -0.15) is 5.10 Å². The van der Waals surface area contributed by atoms with Crippen molar-refractivity contribution in [3.05, 3.63) is 42.5 Å². The maximum Gasteiger partial charge on any atom is 0.241 e. The molecule has 110 valence electrons. The maximum atomic E-state index is 12.1. The van der Waals surface area contributed by atoms with E-state index in [0.29, 0.717) is 6.54 Å². The molecule has 3 rings (SSSR count). The molecule has 1 saturated heterocycles. The standard InChI is InChI=1S/C15H19N5O/c21-15(14-3-1-2-8-17-14)19-13-6-4-12(5-7-13)9-20-11-16-10-18-20/h4-7,10-11,14,17H,1-3,8-9H2,(H,19,21)/t14-/m0/s1. The molecule has 1 aliphatic rings. The Morgan fingerprint density at radius 3 is 2.86 bits per heavy atom. The molecule has 0 spiro atoms. The highest BCUT2D eigenvalue weighted by molar-refractivity contribution is 5.94. The predicted molar refractivity (Wildman–Crippen MR) is 79.8 cm³/mol. The van der Waals surface area contributed by atoms with E-state index in [1.807, 2.05) is 24.3 Å². The number of carbonyl (C=O) groups is 1. The summed E-state index contributed by atoms with van der Waals surface area (Å²) in [5.41, 5.74) is 1.95. The van der Waals surface area contributed by atoms with E-state index in [-0.39, 0.29) is 11.9 Å². The summed E-state index contributed by atoms with van der Waals surface area (Å²) < 4.78 is 1.76. The average Bonchev–Trinajstić information content (AvgIpc) is 3.03. The van der Waals surface area contributed by atoms with Crippen LogP contribution in [0.25, 0.3) is 0 Å². The zero-order valence-corrected chi connectivity index (χ0v) is 11.8. The Bertz CT molecular complexity index is 573. The van der Waals surface area contributed by atoms with Gasteiger partial charge in [0, 0.05) is 5.69 Å². The van der Waals surface area contributed by atoms with E-state index < -0.39 is 0 Å². The minimum atomic E-state index is -0.0615. The number of nitrogens with zero attached hydrogens (tertiary/aromatic N) is 3. The second-order valence-corrected chi connectivity index (χ2v) is 5.28. The first-order valence-corrected chi connectivity index (χ1v) is 7.27. The molecule has 2 aromatic rings. The largest absolute Gasteiger partial charge is 0.325 e. The van der Waals surface area contributed by atoms with E-state index >= 15 is 0 Å². The highest BCUT2D eigenvalue weighted by Gasteiger charge is 2.20. The van der Waals surface area contributed by atoms with Crippen LogP contribution in [0.1, 0.15) is 24.8 Å². The number of carbonyl (C=O) groups excluding carboxylic acids is 1. The SMILES string of the molecule is O=C(Nc1ccc(Cn2cncn2)cc1)[C@@H]1CCCCN1. The van der Waals surface area contributed by atoms with E-state index in [0.717, 1.165) is 37.1 Å². The summed E-state index contributed by atoms with van der Waals surface area (Å²) >= 11 is 0. The number of aromatic nitrogens is 3. The van der Waals surface area contributed by atoms with Gasteiger partial charge < -0.3 is 10.6 Å². The van der Waals surface area contributed by atoms with E-state index in [1.54, 1.807) is 11.0 Å². The van der Waals surface area contributed by atoms with Crippen LogP contribution in [-0.2, 0) is 11.3 Å². The molecule has 0 saturated carbocycles. The fourth-order valence-corrected chi connectivity index (χ4v) is 2.50. The van der Waals surface area contributed by atoms with Crippen molar-refractivity contribution in [1.82, 2.24) is 20.1 Å². The quantitative estimate of drug-likeness (QED) is 0.891. The molecule has 0 aliphatic carbocycles. The Morgan fingerprint density at radius 1 is 1.33 bits per heavy atom. The third-order valence-electron chi connectivity index (χ3n) is 3.66. The van der Waals surface area contributed by atoms with Crippen molar-refractivity contribution in [3.63, 3.8) is 0 Å². The number of rotatable bonds is 4. The fraction of sp³-hybridized carbons (Fsp3) is 0.400. The average molecular weight is 285 g/mol. The molecule has 21 heavy (non-hydrogen) atoms. The molecular formula is C15H19N5O. The van der Waals surface area contributed by atoms with E-state index in [1.165, 1.54) is 6.33 Å². The minimum Gasteiger partial charge on any atom is -0.325 e. The summed E-state index contributed by atoms with van der Waals surface area (Å²) in [4.78, 5) is 16.0. The molecule has 2 heterocycles. The summed E-state index contributed by atoms with van der Waals surface area (Å²) in [6.45, 7) is 1.60. The fourth-order valence-electron chi connectivity index (χ4n) is 2.50. The van der Waals surface area contributed by atoms with Crippen molar-refractivity contribution >= 4 is 11.6 Å². The normalized spacial score (nSPS) is 18.4. The van der Waals surface area contributed by atoms with Crippen LogP contribution in [0.4, 0.5) is 5.69 Å². The Hall–Kier alpha value is -2.21. The van der Waals surface area contributed by atoms with Crippen molar-refractivity contribution in [2.75, 3.05) is 11.9 Å². The van der Waals surface area contributed by atoms with Crippen LogP contribution in [0.15, 0.2) is 36.9 Å².